The summed E-state index contributed by atoms with van der Waals surface area (Å²) in [6.45, 7) is 1.42. The van der Waals surface area contributed by atoms with Gasteiger partial charge in [-0.3, -0.25) is 14.9 Å². The quantitative estimate of drug-likeness (QED) is 0.648. The number of non-ortho nitro benzene ring substituents is 1. The second kappa shape index (κ2) is 8.04. The molecule has 1 heterocycles. The molecule has 1 N–H and O–H groups in total. The first kappa shape index (κ1) is 18.0. The SMILES string of the molecule is O=C(NC1CCCCC1)C1CCCN(c2ccc([N+](=O)[O-])cc2Cl)C1. The molecule has 1 saturated heterocycles. The molecule has 1 aliphatic carbocycles. The lowest BCUT2D eigenvalue weighted by molar-refractivity contribution is -0.384. The van der Waals surface area contributed by atoms with E-state index in [2.05, 4.69) is 10.2 Å². The maximum atomic E-state index is 12.6. The van der Waals surface area contributed by atoms with Gasteiger partial charge in [0.1, 0.15) is 0 Å². The summed E-state index contributed by atoms with van der Waals surface area (Å²) in [6, 6.07) is 4.84. The van der Waals surface area contributed by atoms with Gasteiger partial charge in [0.05, 0.1) is 21.6 Å². The molecule has 6 nitrogen and oxygen atoms in total. The minimum absolute atomic E-state index is 0.0163. The summed E-state index contributed by atoms with van der Waals surface area (Å²) in [6.07, 6.45) is 7.60. The van der Waals surface area contributed by atoms with Crippen molar-refractivity contribution in [3.05, 3.63) is 33.3 Å². The first-order chi connectivity index (χ1) is 12.0. The van der Waals surface area contributed by atoms with Crippen molar-refractivity contribution in [2.45, 2.75) is 51.0 Å². The number of nitro benzene ring substituents is 1. The van der Waals surface area contributed by atoms with E-state index >= 15 is 0 Å². The number of carbonyl (C=O) groups is 1. The van der Waals surface area contributed by atoms with Crippen molar-refractivity contribution in [2.24, 2.45) is 5.92 Å². The van der Waals surface area contributed by atoms with Gasteiger partial charge in [-0.05, 0) is 31.7 Å². The Balaban J connectivity index is 1.64. The van der Waals surface area contributed by atoms with E-state index in [9.17, 15) is 14.9 Å². The number of nitrogens with zero attached hydrogens (tertiary/aromatic N) is 2. The van der Waals surface area contributed by atoms with Crippen LogP contribution in [0.4, 0.5) is 11.4 Å². The van der Waals surface area contributed by atoms with Crippen LogP contribution in [0.25, 0.3) is 0 Å². The van der Waals surface area contributed by atoms with Gasteiger partial charge < -0.3 is 10.2 Å². The normalized spacial score (nSPS) is 21.8. The van der Waals surface area contributed by atoms with E-state index in [1.807, 2.05) is 0 Å². The van der Waals surface area contributed by atoms with E-state index in [1.54, 1.807) is 6.07 Å². The average Bonchev–Trinajstić information content (AvgIpc) is 2.62. The molecule has 0 spiro atoms. The fraction of sp³-hybridized carbons (Fsp3) is 0.611. The molecule has 1 saturated carbocycles. The van der Waals surface area contributed by atoms with E-state index < -0.39 is 4.92 Å². The Hall–Kier alpha value is -1.82. The highest BCUT2D eigenvalue weighted by molar-refractivity contribution is 6.33. The number of nitro groups is 1. The molecular weight excluding hydrogens is 342 g/mol. The highest BCUT2D eigenvalue weighted by atomic mass is 35.5. The van der Waals surface area contributed by atoms with Crippen LogP contribution in [0.15, 0.2) is 18.2 Å². The second-order valence-corrected chi connectivity index (χ2v) is 7.43. The third kappa shape index (κ3) is 4.42. The predicted octanol–water partition coefficient (Wildman–Crippen LogP) is 3.91. The zero-order valence-corrected chi connectivity index (χ0v) is 15.0. The lowest BCUT2D eigenvalue weighted by atomic mass is 9.93. The third-order valence-corrected chi connectivity index (χ3v) is 5.53. The predicted molar refractivity (Wildman–Crippen MR) is 98.1 cm³/mol. The molecule has 1 atom stereocenters. The minimum Gasteiger partial charge on any atom is -0.370 e. The van der Waals surface area contributed by atoms with E-state index in [4.69, 9.17) is 11.6 Å². The first-order valence-electron chi connectivity index (χ1n) is 9.04. The van der Waals surface area contributed by atoms with Gasteiger partial charge >= 0.3 is 0 Å². The molecule has 1 aromatic rings. The number of halogens is 1. The Morgan fingerprint density at radius 1 is 1.20 bits per heavy atom. The Labute approximate surface area is 152 Å². The first-order valence-corrected chi connectivity index (χ1v) is 9.41. The average molecular weight is 366 g/mol. The number of hydrogen-bond acceptors (Lipinski definition) is 4. The van der Waals surface area contributed by atoms with Gasteiger partial charge in [0.15, 0.2) is 0 Å². The molecule has 1 amide bonds. The van der Waals surface area contributed by atoms with Crippen LogP contribution in [-0.2, 0) is 4.79 Å². The Bertz CT molecular complexity index is 646. The van der Waals surface area contributed by atoms with Crippen molar-refractivity contribution in [2.75, 3.05) is 18.0 Å². The van der Waals surface area contributed by atoms with Crippen molar-refractivity contribution < 1.29 is 9.72 Å². The molecule has 0 aromatic heterocycles. The van der Waals surface area contributed by atoms with E-state index in [0.717, 1.165) is 37.9 Å². The molecule has 1 unspecified atom stereocenters. The lowest BCUT2D eigenvalue weighted by Gasteiger charge is -2.35. The van der Waals surface area contributed by atoms with Gasteiger partial charge in [-0.1, -0.05) is 30.9 Å². The molecule has 7 heteroatoms. The van der Waals surface area contributed by atoms with Gasteiger partial charge in [0.2, 0.25) is 5.91 Å². The van der Waals surface area contributed by atoms with Crippen molar-refractivity contribution in [3.8, 4) is 0 Å². The van der Waals surface area contributed by atoms with Crippen LogP contribution in [-0.4, -0.2) is 30.0 Å². The van der Waals surface area contributed by atoms with Crippen molar-refractivity contribution >= 4 is 28.9 Å². The van der Waals surface area contributed by atoms with Gasteiger partial charge in [0.25, 0.3) is 5.69 Å². The number of rotatable bonds is 4. The summed E-state index contributed by atoms with van der Waals surface area (Å²) in [5.74, 6) is 0.0802. The number of nitrogens with one attached hydrogen (secondary N) is 1. The molecule has 25 heavy (non-hydrogen) atoms. The monoisotopic (exact) mass is 365 g/mol. The zero-order valence-electron chi connectivity index (χ0n) is 14.2. The Morgan fingerprint density at radius 3 is 2.64 bits per heavy atom. The van der Waals surface area contributed by atoms with E-state index in [1.165, 1.54) is 31.4 Å². The molecule has 136 valence electrons. The van der Waals surface area contributed by atoms with Crippen molar-refractivity contribution in [1.82, 2.24) is 5.32 Å². The van der Waals surface area contributed by atoms with E-state index in [-0.39, 0.29) is 17.5 Å². The number of anilines is 1. The maximum absolute atomic E-state index is 12.6. The maximum Gasteiger partial charge on any atom is 0.271 e. The standard InChI is InChI=1S/C18H24ClN3O3/c19-16-11-15(22(24)25)8-9-17(16)21-10-4-5-13(12-21)18(23)20-14-6-2-1-3-7-14/h8-9,11,13-14H,1-7,10,12H2,(H,20,23). The summed E-state index contributed by atoms with van der Waals surface area (Å²) in [7, 11) is 0. The highest BCUT2D eigenvalue weighted by Crippen LogP contribution is 2.32. The topological polar surface area (TPSA) is 75.5 Å². The third-order valence-electron chi connectivity index (χ3n) is 5.23. The number of amides is 1. The number of hydrogen-bond donors (Lipinski definition) is 1. The van der Waals surface area contributed by atoms with Crippen LogP contribution in [0.5, 0.6) is 0 Å². The van der Waals surface area contributed by atoms with Gasteiger partial charge in [-0.25, -0.2) is 0 Å². The summed E-state index contributed by atoms with van der Waals surface area (Å²) in [4.78, 5) is 25.1. The van der Waals surface area contributed by atoms with Crippen LogP contribution in [0.3, 0.4) is 0 Å². The lowest BCUT2D eigenvalue weighted by Crippen LogP contribution is -2.46. The highest BCUT2D eigenvalue weighted by Gasteiger charge is 2.29. The zero-order chi connectivity index (χ0) is 17.8. The fourth-order valence-corrected chi connectivity index (χ4v) is 4.14. The van der Waals surface area contributed by atoms with E-state index in [0.29, 0.717) is 17.6 Å². The molecule has 2 aliphatic rings. The molecule has 2 fully saturated rings. The Morgan fingerprint density at radius 2 is 1.96 bits per heavy atom. The Kier molecular flexibility index (Phi) is 5.78. The van der Waals surface area contributed by atoms with Gasteiger partial charge in [0, 0.05) is 31.3 Å². The molecule has 3 rings (SSSR count). The second-order valence-electron chi connectivity index (χ2n) is 7.02. The summed E-state index contributed by atoms with van der Waals surface area (Å²) < 4.78 is 0. The van der Waals surface area contributed by atoms with Crippen LogP contribution in [0.2, 0.25) is 5.02 Å². The van der Waals surface area contributed by atoms with Gasteiger partial charge in [-0.15, -0.1) is 0 Å². The molecule has 0 bridgehead atoms. The number of carbonyl (C=O) groups excluding carboxylic acids is 1. The minimum atomic E-state index is -0.452. The molecule has 0 radical (unpaired) electrons. The fourth-order valence-electron chi connectivity index (χ4n) is 3.84. The molecule has 1 aliphatic heterocycles. The smallest absolute Gasteiger partial charge is 0.271 e. The summed E-state index contributed by atoms with van der Waals surface area (Å²) in [5, 5.41) is 14.4. The largest absolute Gasteiger partial charge is 0.370 e. The molecular formula is C18H24ClN3O3. The van der Waals surface area contributed by atoms with Gasteiger partial charge in [-0.2, -0.15) is 0 Å². The van der Waals surface area contributed by atoms with Crippen molar-refractivity contribution in [3.63, 3.8) is 0 Å². The number of piperidine rings is 1. The van der Waals surface area contributed by atoms with Crippen molar-refractivity contribution in [1.29, 1.82) is 0 Å². The van der Waals surface area contributed by atoms with Crippen LogP contribution in [0, 0.1) is 16.0 Å². The summed E-state index contributed by atoms with van der Waals surface area (Å²) >= 11 is 6.24. The van der Waals surface area contributed by atoms with Crippen LogP contribution >= 0.6 is 11.6 Å². The molecule has 1 aromatic carbocycles. The summed E-state index contributed by atoms with van der Waals surface area (Å²) in [5.41, 5.74) is 0.750. The van der Waals surface area contributed by atoms with Crippen LogP contribution < -0.4 is 10.2 Å². The number of benzene rings is 1. The van der Waals surface area contributed by atoms with Crippen LogP contribution in [0.1, 0.15) is 44.9 Å².